The molecule has 1 aromatic carbocycles. The number of nitrogens with one attached hydrogen (secondary N) is 1. The summed E-state index contributed by atoms with van der Waals surface area (Å²) in [7, 11) is 1.91. The summed E-state index contributed by atoms with van der Waals surface area (Å²) < 4.78 is 5.92. The fraction of sp³-hybridized carbons (Fsp3) is 0.267. The van der Waals surface area contributed by atoms with Gasteiger partial charge in [-0.05, 0) is 44.2 Å². The predicted molar refractivity (Wildman–Crippen MR) is 73.0 cm³/mol. The van der Waals surface area contributed by atoms with Crippen LogP contribution >= 0.6 is 0 Å². The van der Waals surface area contributed by atoms with E-state index in [0.717, 1.165) is 23.4 Å². The Morgan fingerprint density at radius 3 is 2.78 bits per heavy atom. The summed E-state index contributed by atoms with van der Waals surface area (Å²) in [5, 5.41) is 3.12. The molecule has 0 fully saturated rings. The van der Waals surface area contributed by atoms with E-state index in [2.05, 4.69) is 30.2 Å². The normalized spacial score (nSPS) is 10.4. The van der Waals surface area contributed by atoms with Gasteiger partial charge in [-0.25, -0.2) is 4.98 Å². The molecule has 94 valence electrons. The largest absolute Gasteiger partial charge is 0.438 e. The summed E-state index contributed by atoms with van der Waals surface area (Å²) in [6, 6.07) is 9.99. The molecule has 2 aromatic rings. The first-order valence-corrected chi connectivity index (χ1v) is 6.05. The minimum atomic E-state index is 0.667. The van der Waals surface area contributed by atoms with E-state index in [1.165, 1.54) is 5.56 Å². The van der Waals surface area contributed by atoms with Crippen LogP contribution in [-0.2, 0) is 6.54 Å². The number of ether oxygens (including phenoxy) is 1. The molecule has 0 bridgehead atoms. The van der Waals surface area contributed by atoms with Gasteiger partial charge < -0.3 is 10.1 Å². The topological polar surface area (TPSA) is 34.2 Å². The second kappa shape index (κ2) is 5.65. The van der Waals surface area contributed by atoms with Crippen molar-refractivity contribution in [2.24, 2.45) is 0 Å². The van der Waals surface area contributed by atoms with Gasteiger partial charge in [0.05, 0.1) is 0 Å². The van der Waals surface area contributed by atoms with Gasteiger partial charge in [-0.2, -0.15) is 0 Å². The second-order valence-electron chi connectivity index (χ2n) is 4.30. The molecule has 0 aliphatic heterocycles. The third-order valence-corrected chi connectivity index (χ3v) is 2.98. The summed E-state index contributed by atoms with van der Waals surface area (Å²) >= 11 is 0. The molecule has 0 aliphatic rings. The van der Waals surface area contributed by atoms with Gasteiger partial charge in [-0.1, -0.05) is 18.2 Å². The number of aromatic nitrogens is 1. The molecular weight excluding hydrogens is 224 g/mol. The molecular formula is C15H18N2O. The van der Waals surface area contributed by atoms with Crippen LogP contribution in [0.15, 0.2) is 36.5 Å². The van der Waals surface area contributed by atoms with Crippen molar-refractivity contribution in [2.75, 3.05) is 7.05 Å². The lowest BCUT2D eigenvalue weighted by Gasteiger charge is -2.12. The third-order valence-electron chi connectivity index (χ3n) is 2.98. The highest BCUT2D eigenvalue weighted by molar-refractivity contribution is 5.41. The van der Waals surface area contributed by atoms with Crippen LogP contribution in [0.1, 0.15) is 16.7 Å². The summed E-state index contributed by atoms with van der Waals surface area (Å²) in [5.74, 6) is 1.53. The summed E-state index contributed by atoms with van der Waals surface area (Å²) in [5.41, 5.74) is 3.43. The summed E-state index contributed by atoms with van der Waals surface area (Å²) in [6.07, 6.45) is 1.75. The molecule has 0 unspecified atom stereocenters. The van der Waals surface area contributed by atoms with E-state index in [1.54, 1.807) is 6.20 Å². The van der Waals surface area contributed by atoms with Crippen LogP contribution in [0.3, 0.4) is 0 Å². The highest BCUT2D eigenvalue weighted by Crippen LogP contribution is 2.27. The molecule has 1 aromatic heterocycles. The molecule has 0 atom stereocenters. The number of nitrogens with zero attached hydrogens (tertiary/aromatic N) is 1. The monoisotopic (exact) mass is 242 g/mol. The molecule has 0 saturated heterocycles. The van der Waals surface area contributed by atoms with Crippen LogP contribution in [0.2, 0.25) is 0 Å². The van der Waals surface area contributed by atoms with Gasteiger partial charge in [0.1, 0.15) is 5.75 Å². The molecule has 3 heteroatoms. The van der Waals surface area contributed by atoms with Gasteiger partial charge in [-0.15, -0.1) is 0 Å². The Hall–Kier alpha value is -1.87. The average Bonchev–Trinajstić information content (AvgIpc) is 2.37. The van der Waals surface area contributed by atoms with Gasteiger partial charge in [0.15, 0.2) is 0 Å². The zero-order valence-corrected chi connectivity index (χ0v) is 11.0. The third kappa shape index (κ3) is 2.68. The maximum Gasteiger partial charge on any atom is 0.223 e. The lowest BCUT2D eigenvalue weighted by Crippen LogP contribution is -2.07. The van der Waals surface area contributed by atoms with Gasteiger partial charge in [0.2, 0.25) is 5.88 Å². The van der Waals surface area contributed by atoms with Crippen molar-refractivity contribution in [3.63, 3.8) is 0 Å². The van der Waals surface area contributed by atoms with Crippen LogP contribution in [0.25, 0.3) is 0 Å². The van der Waals surface area contributed by atoms with Crippen molar-refractivity contribution in [2.45, 2.75) is 20.4 Å². The minimum absolute atomic E-state index is 0.667. The molecule has 1 N–H and O–H groups in total. The Morgan fingerprint density at radius 2 is 2.00 bits per heavy atom. The lowest BCUT2D eigenvalue weighted by atomic mass is 10.1. The number of benzene rings is 1. The molecule has 2 rings (SSSR count). The van der Waals surface area contributed by atoms with E-state index in [-0.39, 0.29) is 0 Å². The molecule has 0 radical (unpaired) electrons. The van der Waals surface area contributed by atoms with Crippen molar-refractivity contribution >= 4 is 0 Å². The van der Waals surface area contributed by atoms with Crippen LogP contribution in [0.5, 0.6) is 11.6 Å². The quantitative estimate of drug-likeness (QED) is 0.894. The molecule has 0 amide bonds. The first-order chi connectivity index (χ1) is 8.72. The van der Waals surface area contributed by atoms with Crippen LogP contribution in [0.4, 0.5) is 0 Å². The van der Waals surface area contributed by atoms with E-state index in [9.17, 15) is 0 Å². The number of hydrogen-bond donors (Lipinski definition) is 1. The Kier molecular flexibility index (Phi) is 3.95. The van der Waals surface area contributed by atoms with Crippen molar-refractivity contribution < 1.29 is 4.74 Å². The number of pyridine rings is 1. The molecule has 0 spiro atoms. The summed E-state index contributed by atoms with van der Waals surface area (Å²) in [4.78, 5) is 4.30. The molecule has 0 saturated carbocycles. The second-order valence-corrected chi connectivity index (χ2v) is 4.30. The SMILES string of the molecule is CNCc1cccnc1Oc1cccc(C)c1C. The van der Waals surface area contributed by atoms with Gasteiger partial charge in [0.25, 0.3) is 0 Å². The first-order valence-electron chi connectivity index (χ1n) is 6.05. The first kappa shape index (κ1) is 12.6. The molecule has 3 nitrogen and oxygen atoms in total. The average molecular weight is 242 g/mol. The van der Waals surface area contributed by atoms with E-state index in [1.807, 2.05) is 31.3 Å². The van der Waals surface area contributed by atoms with Crippen molar-refractivity contribution in [3.8, 4) is 11.6 Å². The van der Waals surface area contributed by atoms with E-state index in [4.69, 9.17) is 4.74 Å². The maximum atomic E-state index is 5.92. The minimum Gasteiger partial charge on any atom is -0.438 e. The standard InChI is InChI=1S/C15H18N2O/c1-11-6-4-8-14(12(11)2)18-15-13(10-16-3)7-5-9-17-15/h4-9,16H,10H2,1-3H3. The Bertz CT molecular complexity index is 538. The maximum absolute atomic E-state index is 5.92. The van der Waals surface area contributed by atoms with Crippen molar-refractivity contribution in [1.29, 1.82) is 0 Å². The highest BCUT2D eigenvalue weighted by atomic mass is 16.5. The number of aryl methyl sites for hydroxylation is 1. The van der Waals surface area contributed by atoms with Crippen molar-refractivity contribution in [3.05, 3.63) is 53.2 Å². The fourth-order valence-corrected chi connectivity index (χ4v) is 1.78. The Balaban J connectivity index is 2.31. The smallest absolute Gasteiger partial charge is 0.223 e. The van der Waals surface area contributed by atoms with E-state index in [0.29, 0.717) is 5.88 Å². The molecule has 0 aliphatic carbocycles. The van der Waals surface area contributed by atoms with E-state index >= 15 is 0 Å². The van der Waals surface area contributed by atoms with Gasteiger partial charge in [-0.3, -0.25) is 0 Å². The fourth-order valence-electron chi connectivity index (χ4n) is 1.78. The Labute approximate surface area is 108 Å². The van der Waals surface area contributed by atoms with Crippen LogP contribution in [0, 0.1) is 13.8 Å². The zero-order chi connectivity index (χ0) is 13.0. The summed E-state index contributed by atoms with van der Waals surface area (Å²) in [6.45, 7) is 4.88. The van der Waals surface area contributed by atoms with E-state index < -0.39 is 0 Å². The number of hydrogen-bond acceptors (Lipinski definition) is 3. The zero-order valence-electron chi connectivity index (χ0n) is 11.0. The lowest BCUT2D eigenvalue weighted by molar-refractivity contribution is 0.450. The van der Waals surface area contributed by atoms with Gasteiger partial charge in [0, 0.05) is 18.3 Å². The van der Waals surface area contributed by atoms with Crippen molar-refractivity contribution in [1.82, 2.24) is 10.3 Å². The molecule has 1 heterocycles. The van der Waals surface area contributed by atoms with Gasteiger partial charge >= 0.3 is 0 Å². The van der Waals surface area contributed by atoms with Crippen LogP contribution in [-0.4, -0.2) is 12.0 Å². The highest BCUT2D eigenvalue weighted by Gasteiger charge is 2.08. The number of rotatable bonds is 4. The predicted octanol–water partition coefficient (Wildman–Crippen LogP) is 3.21. The molecule has 18 heavy (non-hydrogen) atoms. The Morgan fingerprint density at radius 1 is 1.17 bits per heavy atom. The van der Waals surface area contributed by atoms with Crippen LogP contribution < -0.4 is 10.1 Å².